The maximum atomic E-state index is 13.2. The zero-order valence-electron chi connectivity index (χ0n) is 19.5. The van der Waals surface area contributed by atoms with Crippen LogP contribution < -0.4 is 4.74 Å². The molecule has 2 heterocycles. The summed E-state index contributed by atoms with van der Waals surface area (Å²) in [6.45, 7) is 2.87. The van der Waals surface area contributed by atoms with Crippen LogP contribution in [0.15, 0.2) is 84.4 Å². The molecule has 0 spiro atoms. The average Bonchev–Trinajstić information content (AvgIpc) is 3.47. The van der Waals surface area contributed by atoms with Crippen LogP contribution in [0, 0.1) is 6.92 Å². The van der Waals surface area contributed by atoms with Crippen LogP contribution in [0.5, 0.6) is 11.5 Å². The number of ketones is 1. The molecule has 3 aromatic rings. The summed E-state index contributed by atoms with van der Waals surface area (Å²) in [5, 5.41) is 11.2. The molecule has 5 rings (SSSR count). The lowest BCUT2D eigenvalue weighted by Gasteiger charge is -2.27. The number of benzene rings is 3. The number of likely N-dealkylation sites (tertiary alicyclic amines) is 1. The van der Waals surface area contributed by atoms with Crippen molar-refractivity contribution < 1.29 is 24.2 Å². The molecular formula is C29H27NO5. The molecule has 0 bridgehead atoms. The van der Waals surface area contributed by atoms with Gasteiger partial charge in [-0.3, -0.25) is 9.59 Å². The number of hydrogen-bond donors (Lipinski definition) is 1. The number of rotatable bonds is 6. The number of amides is 1. The predicted octanol–water partition coefficient (Wildman–Crippen LogP) is 5.39. The molecule has 6 heteroatoms. The highest BCUT2D eigenvalue weighted by Gasteiger charge is 2.47. The Labute approximate surface area is 204 Å². The van der Waals surface area contributed by atoms with Gasteiger partial charge in [-0.15, -0.1) is 0 Å². The first-order valence-corrected chi connectivity index (χ1v) is 11.8. The van der Waals surface area contributed by atoms with E-state index in [1.165, 1.54) is 4.90 Å². The summed E-state index contributed by atoms with van der Waals surface area (Å²) in [6.07, 6.45) is 1.60. The maximum Gasteiger partial charge on any atom is 0.295 e. The van der Waals surface area contributed by atoms with Crippen molar-refractivity contribution in [2.45, 2.75) is 31.9 Å². The molecule has 0 aliphatic carbocycles. The highest BCUT2D eigenvalue weighted by molar-refractivity contribution is 6.46. The molecule has 2 aliphatic heterocycles. The van der Waals surface area contributed by atoms with E-state index in [1.807, 2.05) is 73.7 Å². The smallest absolute Gasteiger partial charge is 0.295 e. The molecule has 2 unspecified atom stereocenters. The van der Waals surface area contributed by atoms with E-state index in [4.69, 9.17) is 9.47 Å². The van der Waals surface area contributed by atoms with Crippen LogP contribution in [-0.2, 0) is 14.3 Å². The second-order valence-electron chi connectivity index (χ2n) is 8.94. The Bertz CT molecular complexity index is 1260. The van der Waals surface area contributed by atoms with Crippen molar-refractivity contribution in [3.63, 3.8) is 0 Å². The lowest BCUT2D eigenvalue weighted by molar-refractivity contribution is -0.140. The fourth-order valence-corrected chi connectivity index (χ4v) is 4.66. The Morgan fingerprint density at radius 1 is 1.00 bits per heavy atom. The zero-order valence-corrected chi connectivity index (χ0v) is 19.5. The third-order valence-electron chi connectivity index (χ3n) is 6.44. The van der Waals surface area contributed by atoms with Crippen LogP contribution in [0.2, 0.25) is 0 Å². The first-order chi connectivity index (χ1) is 17.0. The first-order valence-electron chi connectivity index (χ1n) is 11.8. The van der Waals surface area contributed by atoms with Gasteiger partial charge in [-0.2, -0.15) is 0 Å². The van der Waals surface area contributed by atoms with Crippen LogP contribution in [0.1, 0.15) is 35.6 Å². The van der Waals surface area contributed by atoms with E-state index < -0.39 is 17.7 Å². The standard InChI is InChI=1S/C29H27NO5/c1-19-12-14-20(15-13-19)27(31)25-26(30(29(33)28(25)32)18-24-11-6-16-34-24)21-7-5-10-23(17-21)35-22-8-3-2-4-9-22/h2-5,7-10,12-15,17,24,26,31H,6,11,16,18H2,1H3/b27-25+. The number of carbonyl (C=O) groups is 2. The number of aliphatic hydroxyl groups is 1. The summed E-state index contributed by atoms with van der Waals surface area (Å²) in [5.41, 5.74) is 2.29. The highest BCUT2D eigenvalue weighted by atomic mass is 16.5. The van der Waals surface area contributed by atoms with Crippen molar-refractivity contribution in [1.29, 1.82) is 0 Å². The quantitative estimate of drug-likeness (QED) is 0.298. The molecule has 0 radical (unpaired) electrons. The van der Waals surface area contributed by atoms with Crippen LogP contribution >= 0.6 is 0 Å². The Morgan fingerprint density at radius 2 is 1.74 bits per heavy atom. The molecule has 2 aliphatic rings. The third-order valence-corrected chi connectivity index (χ3v) is 6.44. The van der Waals surface area contributed by atoms with Gasteiger partial charge >= 0.3 is 0 Å². The zero-order chi connectivity index (χ0) is 24.4. The monoisotopic (exact) mass is 469 g/mol. The van der Waals surface area contributed by atoms with Gasteiger partial charge in [0, 0.05) is 18.7 Å². The first kappa shape index (κ1) is 22.9. The van der Waals surface area contributed by atoms with E-state index in [2.05, 4.69) is 0 Å². The van der Waals surface area contributed by atoms with Crippen LogP contribution in [-0.4, -0.2) is 41.0 Å². The molecular weight excluding hydrogens is 442 g/mol. The topological polar surface area (TPSA) is 76.1 Å². The lowest BCUT2D eigenvalue weighted by atomic mass is 9.94. The van der Waals surface area contributed by atoms with E-state index in [0.717, 1.165) is 18.4 Å². The molecule has 2 fully saturated rings. The van der Waals surface area contributed by atoms with Gasteiger partial charge in [-0.05, 0) is 49.6 Å². The van der Waals surface area contributed by atoms with E-state index in [0.29, 0.717) is 29.2 Å². The third kappa shape index (κ3) is 4.70. The molecule has 1 amide bonds. The van der Waals surface area contributed by atoms with Gasteiger partial charge < -0.3 is 19.5 Å². The molecule has 2 saturated heterocycles. The summed E-state index contributed by atoms with van der Waals surface area (Å²) in [7, 11) is 0. The minimum absolute atomic E-state index is 0.0775. The van der Waals surface area contributed by atoms with Gasteiger partial charge in [0.15, 0.2) is 0 Å². The van der Waals surface area contributed by atoms with Gasteiger partial charge in [-0.1, -0.05) is 60.2 Å². The number of carbonyl (C=O) groups excluding carboxylic acids is 2. The number of aliphatic hydroxyl groups excluding tert-OH is 1. The maximum absolute atomic E-state index is 13.2. The Hall–Kier alpha value is -3.90. The molecule has 6 nitrogen and oxygen atoms in total. The fraction of sp³-hybridized carbons (Fsp3) is 0.241. The summed E-state index contributed by atoms with van der Waals surface area (Å²) in [4.78, 5) is 28.0. The lowest BCUT2D eigenvalue weighted by Crippen LogP contribution is -2.36. The van der Waals surface area contributed by atoms with Gasteiger partial charge in [0.2, 0.25) is 0 Å². The fourth-order valence-electron chi connectivity index (χ4n) is 4.66. The van der Waals surface area contributed by atoms with Crippen molar-refractivity contribution in [3.05, 3.63) is 101 Å². The Balaban J connectivity index is 1.58. The molecule has 0 aromatic heterocycles. The summed E-state index contributed by atoms with van der Waals surface area (Å²) < 4.78 is 11.8. The second kappa shape index (κ2) is 9.76. The van der Waals surface area contributed by atoms with E-state index >= 15 is 0 Å². The minimum atomic E-state index is -0.750. The molecule has 2 atom stereocenters. The van der Waals surface area contributed by atoms with Crippen molar-refractivity contribution in [1.82, 2.24) is 4.90 Å². The van der Waals surface area contributed by atoms with Crippen LogP contribution in [0.4, 0.5) is 0 Å². The second-order valence-corrected chi connectivity index (χ2v) is 8.94. The SMILES string of the molecule is Cc1ccc(/C(O)=C2\C(=O)C(=O)N(CC3CCCO3)C2c2cccc(Oc3ccccc3)c2)cc1. The summed E-state index contributed by atoms with van der Waals surface area (Å²) >= 11 is 0. The van der Waals surface area contributed by atoms with E-state index in [1.54, 1.807) is 12.1 Å². The summed E-state index contributed by atoms with van der Waals surface area (Å²) in [6, 6.07) is 23.2. The number of ether oxygens (including phenoxy) is 2. The Kier molecular flexibility index (Phi) is 6.38. The number of Topliss-reactive ketones (excluding diaryl/α,β-unsaturated/α-hetero) is 1. The Morgan fingerprint density at radius 3 is 2.46 bits per heavy atom. The number of para-hydroxylation sites is 1. The van der Waals surface area contributed by atoms with Crippen molar-refractivity contribution in [2.24, 2.45) is 0 Å². The molecule has 3 aromatic carbocycles. The van der Waals surface area contributed by atoms with Crippen LogP contribution in [0.25, 0.3) is 5.76 Å². The minimum Gasteiger partial charge on any atom is -0.507 e. The van der Waals surface area contributed by atoms with Crippen molar-refractivity contribution in [2.75, 3.05) is 13.2 Å². The molecule has 1 N–H and O–H groups in total. The average molecular weight is 470 g/mol. The molecule has 35 heavy (non-hydrogen) atoms. The van der Waals surface area contributed by atoms with Crippen LogP contribution in [0.3, 0.4) is 0 Å². The summed E-state index contributed by atoms with van der Waals surface area (Å²) in [5.74, 6) is -0.254. The highest BCUT2D eigenvalue weighted by Crippen LogP contribution is 2.41. The van der Waals surface area contributed by atoms with E-state index in [9.17, 15) is 14.7 Å². The molecule has 0 saturated carbocycles. The van der Waals surface area contributed by atoms with Gasteiger partial charge in [0.1, 0.15) is 17.3 Å². The number of nitrogens with zero attached hydrogens (tertiary/aromatic N) is 1. The van der Waals surface area contributed by atoms with Crippen molar-refractivity contribution in [3.8, 4) is 11.5 Å². The predicted molar refractivity (Wildman–Crippen MR) is 132 cm³/mol. The van der Waals surface area contributed by atoms with Gasteiger partial charge in [0.25, 0.3) is 11.7 Å². The molecule has 178 valence electrons. The van der Waals surface area contributed by atoms with Gasteiger partial charge in [-0.25, -0.2) is 0 Å². The van der Waals surface area contributed by atoms with Crippen molar-refractivity contribution >= 4 is 17.4 Å². The number of hydrogen-bond acceptors (Lipinski definition) is 5. The largest absolute Gasteiger partial charge is 0.507 e. The van der Waals surface area contributed by atoms with E-state index in [-0.39, 0.29) is 24.0 Å². The number of aryl methyl sites for hydroxylation is 1. The normalized spacial score (nSPS) is 21.5. The van der Waals surface area contributed by atoms with Gasteiger partial charge in [0.05, 0.1) is 17.7 Å².